The molecule has 3 rings (SSSR count). The minimum Gasteiger partial charge on any atom is -0.388 e. The van der Waals surface area contributed by atoms with Crippen LogP contribution in [0.1, 0.15) is 25.0 Å². The highest BCUT2D eigenvalue weighted by Crippen LogP contribution is 2.22. The highest BCUT2D eigenvalue weighted by atomic mass is 16.3. The van der Waals surface area contributed by atoms with Crippen LogP contribution in [0, 0.1) is 0 Å². The Kier molecular flexibility index (Phi) is 5.68. The van der Waals surface area contributed by atoms with Gasteiger partial charge < -0.3 is 15.7 Å². The molecule has 0 bridgehead atoms. The molecule has 1 aromatic rings. The molecule has 3 N–H and O–H groups in total. The molecule has 0 unspecified atom stereocenters. The zero-order valence-corrected chi connectivity index (χ0v) is 15.0. The van der Waals surface area contributed by atoms with Gasteiger partial charge in [0.25, 0.3) is 5.56 Å². The van der Waals surface area contributed by atoms with Gasteiger partial charge in [0, 0.05) is 44.8 Å². The standard InChI is InChI=1S/C18H29N5O2/c1-21-9-5-18(25,6-10-21)13-23-14-20-16(11-17(23)24)3-2-7-22-8-4-15(19)12-22/h2-3,11,14-15,25H,4-10,12-13,19H2,1H3/b3-2+/t15-/m0/s1. The van der Waals surface area contributed by atoms with Crippen LogP contribution < -0.4 is 11.3 Å². The van der Waals surface area contributed by atoms with Crippen molar-refractivity contribution in [3.05, 3.63) is 34.5 Å². The van der Waals surface area contributed by atoms with E-state index in [2.05, 4.69) is 14.8 Å². The lowest BCUT2D eigenvalue weighted by atomic mass is 9.91. The number of hydrogen-bond acceptors (Lipinski definition) is 6. The average Bonchev–Trinajstić information content (AvgIpc) is 2.99. The van der Waals surface area contributed by atoms with Gasteiger partial charge >= 0.3 is 0 Å². The normalized spacial score (nSPS) is 25.0. The SMILES string of the molecule is CN1CCC(O)(Cn2cnc(/C=C/CN3CC[C@H](N)C3)cc2=O)CC1. The van der Waals surface area contributed by atoms with E-state index in [9.17, 15) is 9.90 Å². The molecule has 0 aromatic carbocycles. The second-order valence-corrected chi connectivity index (χ2v) is 7.52. The van der Waals surface area contributed by atoms with Crippen molar-refractivity contribution in [3.8, 4) is 0 Å². The van der Waals surface area contributed by atoms with Gasteiger partial charge in [-0.2, -0.15) is 0 Å². The van der Waals surface area contributed by atoms with Gasteiger partial charge in [-0.15, -0.1) is 0 Å². The maximum Gasteiger partial charge on any atom is 0.253 e. The molecule has 2 aliphatic heterocycles. The van der Waals surface area contributed by atoms with Crippen LogP contribution in [0.3, 0.4) is 0 Å². The number of nitrogens with two attached hydrogens (primary N) is 1. The number of likely N-dealkylation sites (tertiary alicyclic amines) is 2. The molecule has 7 heteroatoms. The summed E-state index contributed by atoms with van der Waals surface area (Å²) < 4.78 is 1.52. The molecule has 0 saturated carbocycles. The monoisotopic (exact) mass is 347 g/mol. The van der Waals surface area contributed by atoms with Crippen LogP contribution in [0.4, 0.5) is 0 Å². The van der Waals surface area contributed by atoms with E-state index in [1.54, 1.807) is 6.33 Å². The van der Waals surface area contributed by atoms with E-state index in [-0.39, 0.29) is 11.6 Å². The van der Waals surface area contributed by atoms with Gasteiger partial charge in [0.15, 0.2) is 0 Å². The van der Waals surface area contributed by atoms with Gasteiger partial charge in [-0.25, -0.2) is 4.98 Å². The fraction of sp³-hybridized carbons (Fsp3) is 0.667. The van der Waals surface area contributed by atoms with Crippen molar-refractivity contribution in [2.45, 2.75) is 37.5 Å². The second kappa shape index (κ2) is 7.78. The van der Waals surface area contributed by atoms with Crippen molar-refractivity contribution >= 4 is 6.08 Å². The minimum absolute atomic E-state index is 0.120. The summed E-state index contributed by atoms with van der Waals surface area (Å²) in [6.45, 7) is 4.77. The summed E-state index contributed by atoms with van der Waals surface area (Å²) in [5.41, 5.74) is 5.61. The first-order valence-electron chi connectivity index (χ1n) is 9.05. The second-order valence-electron chi connectivity index (χ2n) is 7.52. The summed E-state index contributed by atoms with van der Waals surface area (Å²) >= 11 is 0. The van der Waals surface area contributed by atoms with E-state index in [1.807, 2.05) is 19.2 Å². The summed E-state index contributed by atoms with van der Waals surface area (Å²) in [5.74, 6) is 0. The molecule has 2 fully saturated rings. The van der Waals surface area contributed by atoms with Crippen molar-refractivity contribution in [1.29, 1.82) is 0 Å². The first-order valence-corrected chi connectivity index (χ1v) is 9.05. The highest BCUT2D eigenvalue weighted by Gasteiger charge is 2.31. The van der Waals surface area contributed by atoms with Crippen molar-refractivity contribution < 1.29 is 5.11 Å². The molecular formula is C18H29N5O2. The summed E-state index contributed by atoms with van der Waals surface area (Å²) in [5, 5.41) is 10.7. The van der Waals surface area contributed by atoms with Crippen LogP contribution >= 0.6 is 0 Å². The van der Waals surface area contributed by atoms with E-state index in [4.69, 9.17) is 5.73 Å². The Morgan fingerprint density at radius 3 is 2.80 bits per heavy atom. The van der Waals surface area contributed by atoms with Gasteiger partial charge in [-0.3, -0.25) is 14.3 Å². The Hall–Kier alpha value is -1.54. The molecule has 3 heterocycles. The van der Waals surface area contributed by atoms with Gasteiger partial charge in [-0.05, 0) is 32.4 Å². The van der Waals surface area contributed by atoms with Gasteiger partial charge in [0.2, 0.25) is 0 Å². The van der Waals surface area contributed by atoms with Crippen molar-refractivity contribution in [3.63, 3.8) is 0 Å². The highest BCUT2D eigenvalue weighted by molar-refractivity contribution is 5.43. The van der Waals surface area contributed by atoms with Crippen LogP contribution in [-0.2, 0) is 6.54 Å². The van der Waals surface area contributed by atoms with E-state index >= 15 is 0 Å². The first-order chi connectivity index (χ1) is 11.9. The van der Waals surface area contributed by atoms with Crippen LogP contribution in [0.2, 0.25) is 0 Å². The largest absolute Gasteiger partial charge is 0.388 e. The third-order valence-corrected chi connectivity index (χ3v) is 5.24. The lowest BCUT2D eigenvalue weighted by Gasteiger charge is -2.36. The molecule has 2 aliphatic rings. The average molecular weight is 347 g/mol. The topological polar surface area (TPSA) is 87.6 Å². The maximum atomic E-state index is 12.3. The number of hydrogen-bond donors (Lipinski definition) is 2. The van der Waals surface area contributed by atoms with Gasteiger partial charge in [0.1, 0.15) is 0 Å². The molecular weight excluding hydrogens is 318 g/mol. The van der Waals surface area contributed by atoms with Gasteiger partial charge in [0.05, 0.1) is 24.2 Å². The number of piperidine rings is 1. The van der Waals surface area contributed by atoms with Crippen LogP contribution in [0.5, 0.6) is 0 Å². The summed E-state index contributed by atoms with van der Waals surface area (Å²) in [7, 11) is 2.05. The number of rotatable bonds is 5. The van der Waals surface area contributed by atoms with Crippen LogP contribution in [-0.4, -0.2) is 75.9 Å². The molecule has 138 valence electrons. The number of nitrogens with zero attached hydrogens (tertiary/aromatic N) is 4. The smallest absolute Gasteiger partial charge is 0.253 e. The molecule has 2 saturated heterocycles. The quantitative estimate of drug-likeness (QED) is 0.763. The van der Waals surface area contributed by atoms with Gasteiger partial charge in [-0.1, -0.05) is 6.08 Å². The van der Waals surface area contributed by atoms with Crippen molar-refractivity contribution in [2.75, 3.05) is 39.8 Å². The lowest BCUT2D eigenvalue weighted by Crippen LogP contribution is -2.46. The molecule has 0 amide bonds. The third kappa shape index (κ3) is 4.98. The molecule has 0 radical (unpaired) electrons. The van der Waals surface area contributed by atoms with E-state index in [0.29, 0.717) is 25.1 Å². The fourth-order valence-corrected chi connectivity index (χ4v) is 3.51. The summed E-state index contributed by atoms with van der Waals surface area (Å²) in [4.78, 5) is 21.1. The molecule has 0 spiro atoms. The lowest BCUT2D eigenvalue weighted by molar-refractivity contribution is -0.0299. The zero-order chi connectivity index (χ0) is 17.9. The Balaban J connectivity index is 1.58. The molecule has 1 aromatic heterocycles. The minimum atomic E-state index is -0.816. The molecule has 0 aliphatic carbocycles. The predicted octanol–water partition coefficient (Wildman–Crippen LogP) is -0.254. The fourth-order valence-electron chi connectivity index (χ4n) is 3.51. The Morgan fingerprint density at radius 1 is 1.40 bits per heavy atom. The zero-order valence-electron chi connectivity index (χ0n) is 15.0. The summed E-state index contributed by atoms with van der Waals surface area (Å²) in [6.07, 6.45) is 7.84. The Morgan fingerprint density at radius 2 is 2.16 bits per heavy atom. The van der Waals surface area contributed by atoms with E-state index in [1.165, 1.54) is 10.6 Å². The maximum absolute atomic E-state index is 12.3. The van der Waals surface area contributed by atoms with E-state index in [0.717, 1.165) is 39.1 Å². The van der Waals surface area contributed by atoms with E-state index < -0.39 is 5.60 Å². The molecule has 1 atom stereocenters. The van der Waals surface area contributed by atoms with Crippen LogP contribution in [0.15, 0.2) is 23.3 Å². The first kappa shape index (κ1) is 18.3. The third-order valence-electron chi connectivity index (χ3n) is 5.24. The summed E-state index contributed by atoms with van der Waals surface area (Å²) in [6, 6.07) is 1.81. The predicted molar refractivity (Wildman–Crippen MR) is 98.2 cm³/mol. The Labute approximate surface area is 148 Å². The number of aliphatic hydroxyl groups is 1. The van der Waals surface area contributed by atoms with Crippen molar-refractivity contribution in [2.24, 2.45) is 5.73 Å². The Bertz CT molecular complexity index is 664. The van der Waals surface area contributed by atoms with Crippen LogP contribution in [0.25, 0.3) is 6.08 Å². The molecule has 7 nitrogen and oxygen atoms in total. The van der Waals surface area contributed by atoms with Crippen molar-refractivity contribution in [1.82, 2.24) is 19.4 Å². The number of aromatic nitrogens is 2. The molecule has 25 heavy (non-hydrogen) atoms.